The van der Waals surface area contributed by atoms with E-state index in [-0.39, 0.29) is 5.38 Å². The number of halogens is 1. The third-order valence-electron chi connectivity index (χ3n) is 4.19. The lowest BCUT2D eigenvalue weighted by molar-refractivity contribution is 0.557. The first-order valence-electron chi connectivity index (χ1n) is 8.25. The lowest BCUT2D eigenvalue weighted by atomic mass is 10.1. The predicted octanol–water partition coefficient (Wildman–Crippen LogP) is 6.93. The summed E-state index contributed by atoms with van der Waals surface area (Å²) in [5, 5.41) is 0.783. The molecule has 1 aromatic heterocycles. The Balaban J connectivity index is 1.54. The van der Waals surface area contributed by atoms with Gasteiger partial charge in [0.2, 0.25) is 0 Å². The molecule has 25 heavy (non-hydrogen) atoms. The molecule has 3 aromatic carbocycles. The Bertz CT molecular complexity index is 964. The standard InChI is InChI=1S/C23H17ClO/c24-23(22-16-20-8-4-5-9-21(20)25-22)19-14-12-18(13-15-19)11-10-17-6-2-1-3-7-17/h1-16,23H. The van der Waals surface area contributed by atoms with Crippen LogP contribution in [-0.2, 0) is 0 Å². The van der Waals surface area contributed by atoms with Crippen molar-refractivity contribution in [1.29, 1.82) is 0 Å². The van der Waals surface area contributed by atoms with Crippen molar-refractivity contribution >= 4 is 34.7 Å². The minimum Gasteiger partial charge on any atom is -0.459 e. The normalized spacial score (nSPS) is 12.7. The Labute approximate surface area is 152 Å². The lowest BCUT2D eigenvalue weighted by Crippen LogP contribution is -1.90. The van der Waals surface area contributed by atoms with Crippen LogP contribution >= 0.6 is 11.6 Å². The Morgan fingerprint density at radius 1 is 0.720 bits per heavy atom. The van der Waals surface area contributed by atoms with Crippen molar-refractivity contribution in [3.63, 3.8) is 0 Å². The molecule has 2 heteroatoms. The van der Waals surface area contributed by atoms with Crippen LogP contribution in [0.25, 0.3) is 23.1 Å². The van der Waals surface area contributed by atoms with Gasteiger partial charge in [0.05, 0.1) is 0 Å². The maximum atomic E-state index is 6.62. The highest BCUT2D eigenvalue weighted by atomic mass is 35.5. The molecule has 1 atom stereocenters. The van der Waals surface area contributed by atoms with Crippen molar-refractivity contribution in [2.75, 3.05) is 0 Å². The molecule has 0 aliphatic carbocycles. The Kier molecular flexibility index (Phi) is 4.41. The molecular formula is C23H17ClO. The maximum absolute atomic E-state index is 6.62. The summed E-state index contributed by atoms with van der Waals surface area (Å²) < 4.78 is 5.87. The summed E-state index contributed by atoms with van der Waals surface area (Å²) >= 11 is 6.62. The van der Waals surface area contributed by atoms with Gasteiger partial charge in [0.1, 0.15) is 16.7 Å². The van der Waals surface area contributed by atoms with Gasteiger partial charge in [-0.05, 0) is 28.8 Å². The van der Waals surface area contributed by atoms with E-state index in [2.05, 4.69) is 48.6 Å². The Morgan fingerprint density at radius 2 is 1.36 bits per heavy atom. The van der Waals surface area contributed by atoms with Gasteiger partial charge in [-0.1, -0.05) is 84.9 Å². The summed E-state index contributed by atoms with van der Waals surface area (Å²) in [5.74, 6) is 0.774. The quantitative estimate of drug-likeness (QED) is 0.289. The van der Waals surface area contributed by atoms with Crippen molar-refractivity contribution in [2.24, 2.45) is 0 Å². The first-order valence-corrected chi connectivity index (χ1v) is 8.69. The molecule has 1 heterocycles. The highest BCUT2D eigenvalue weighted by molar-refractivity contribution is 6.22. The molecule has 0 aliphatic rings. The zero-order valence-corrected chi connectivity index (χ0v) is 14.4. The number of benzene rings is 3. The number of para-hydroxylation sites is 1. The van der Waals surface area contributed by atoms with E-state index in [0.29, 0.717) is 0 Å². The highest BCUT2D eigenvalue weighted by Gasteiger charge is 2.15. The van der Waals surface area contributed by atoms with Crippen LogP contribution in [0.3, 0.4) is 0 Å². The third kappa shape index (κ3) is 3.52. The Hall–Kier alpha value is -2.77. The molecule has 0 amide bonds. The fraction of sp³-hybridized carbons (Fsp3) is 0.0435. The molecule has 1 nitrogen and oxygen atoms in total. The van der Waals surface area contributed by atoms with Crippen LogP contribution in [0.5, 0.6) is 0 Å². The molecule has 0 radical (unpaired) electrons. The van der Waals surface area contributed by atoms with E-state index in [0.717, 1.165) is 27.9 Å². The number of hydrogen-bond donors (Lipinski definition) is 0. The van der Waals surface area contributed by atoms with E-state index >= 15 is 0 Å². The van der Waals surface area contributed by atoms with Crippen LogP contribution in [0.4, 0.5) is 0 Å². The van der Waals surface area contributed by atoms with Crippen LogP contribution in [0.2, 0.25) is 0 Å². The van der Waals surface area contributed by atoms with Gasteiger partial charge >= 0.3 is 0 Å². The van der Waals surface area contributed by atoms with E-state index in [4.69, 9.17) is 16.0 Å². The summed E-state index contributed by atoms with van der Waals surface area (Å²) in [6.45, 7) is 0. The SMILES string of the molecule is ClC(c1ccc(C=Cc2ccccc2)cc1)c1cc2ccccc2o1. The fourth-order valence-electron chi connectivity index (χ4n) is 2.82. The minimum atomic E-state index is -0.292. The second kappa shape index (κ2) is 7.00. The number of fused-ring (bicyclic) bond motifs is 1. The zero-order chi connectivity index (χ0) is 17.1. The van der Waals surface area contributed by atoms with Crippen LogP contribution in [0.15, 0.2) is 89.3 Å². The van der Waals surface area contributed by atoms with Gasteiger partial charge in [0.15, 0.2) is 0 Å². The summed E-state index contributed by atoms with van der Waals surface area (Å²) in [5.41, 5.74) is 4.22. The van der Waals surface area contributed by atoms with Crippen molar-refractivity contribution in [2.45, 2.75) is 5.38 Å². The largest absolute Gasteiger partial charge is 0.459 e. The topological polar surface area (TPSA) is 13.1 Å². The molecule has 0 aliphatic heterocycles. The highest BCUT2D eigenvalue weighted by Crippen LogP contribution is 2.33. The molecule has 0 fully saturated rings. The van der Waals surface area contributed by atoms with Crippen molar-refractivity contribution in [3.05, 3.63) is 107 Å². The molecule has 122 valence electrons. The molecular weight excluding hydrogens is 328 g/mol. The molecule has 1 unspecified atom stereocenters. The summed E-state index contributed by atoms with van der Waals surface area (Å²) in [6.07, 6.45) is 4.20. The van der Waals surface area contributed by atoms with E-state index < -0.39 is 0 Å². The third-order valence-corrected chi connectivity index (χ3v) is 4.66. The van der Waals surface area contributed by atoms with Gasteiger partial charge in [0.25, 0.3) is 0 Å². The molecule has 0 bridgehead atoms. The molecule has 0 saturated carbocycles. The average molecular weight is 345 g/mol. The molecule has 4 aromatic rings. The number of hydrogen-bond acceptors (Lipinski definition) is 1. The monoisotopic (exact) mass is 344 g/mol. The maximum Gasteiger partial charge on any atom is 0.134 e. The van der Waals surface area contributed by atoms with Gasteiger partial charge in [0, 0.05) is 5.39 Å². The average Bonchev–Trinajstić information content (AvgIpc) is 3.11. The van der Waals surface area contributed by atoms with Crippen LogP contribution in [-0.4, -0.2) is 0 Å². The first-order chi connectivity index (χ1) is 12.3. The summed E-state index contributed by atoms with van der Waals surface area (Å²) in [6, 6.07) is 28.5. The Morgan fingerprint density at radius 3 is 2.08 bits per heavy atom. The van der Waals surface area contributed by atoms with E-state index in [1.165, 1.54) is 5.56 Å². The lowest BCUT2D eigenvalue weighted by Gasteiger charge is -2.07. The summed E-state index contributed by atoms with van der Waals surface area (Å²) in [4.78, 5) is 0. The smallest absolute Gasteiger partial charge is 0.134 e. The second-order valence-corrected chi connectivity index (χ2v) is 6.40. The van der Waals surface area contributed by atoms with Crippen LogP contribution in [0.1, 0.15) is 27.8 Å². The van der Waals surface area contributed by atoms with E-state index in [1.807, 2.05) is 48.5 Å². The van der Waals surface area contributed by atoms with Crippen LogP contribution in [0, 0.1) is 0 Å². The van der Waals surface area contributed by atoms with Crippen molar-refractivity contribution in [3.8, 4) is 0 Å². The van der Waals surface area contributed by atoms with E-state index in [1.54, 1.807) is 0 Å². The van der Waals surface area contributed by atoms with Gasteiger partial charge in [-0.3, -0.25) is 0 Å². The molecule has 4 rings (SSSR count). The molecule has 0 spiro atoms. The van der Waals surface area contributed by atoms with Gasteiger partial charge < -0.3 is 4.42 Å². The van der Waals surface area contributed by atoms with Crippen molar-refractivity contribution < 1.29 is 4.42 Å². The molecule has 0 N–H and O–H groups in total. The fourth-order valence-corrected chi connectivity index (χ4v) is 3.08. The number of alkyl halides is 1. The van der Waals surface area contributed by atoms with Gasteiger partial charge in [-0.15, -0.1) is 11.6 Å². The molecule has 0 saturated heterocycles. The first kappa shape index (κ1) is 15.7. The minimum absolute atomic E-state index is 0.292. The predicted molar refractivity (Wildman–Crippen MR) is 106 cm³/mol. The second-order valence-electron chi connectivity index (χ2n) is 5.96. The number of furan rings is 1. The number of rotatable bonds is 4. The van der Waals surface area contributed by atoms with E-state index in [9.17, 15) is 0 Å². The van der Waals surface area contributed by atoms with Crippen LogP contribution < -0.4 is 0 Å². The summed E-state index contributed by atoms with van der Waals surface area (Å²) in [7, 11) is 0. The van der Waals surface area contributed by atoms with Gasteiger partial charge in [-0.25, -0.2) is 0 Å². The zero-order valence-electron chi connectivity index (χ0n) is 13.6. The van der Waals surface area contributed by atoms with Crippen molar-refractivity contribution in [1.82, 2.24) is 0 Å². The van der Waals surface area contributed by atoms with Gasteiger partial charge in [-0.2, -0.15) is 0 Å².